The van der Waals surface area contributed by atoms with Crippen LogP contribution in [0.15, 0.2) is 42.5 Å². The lowest BCUT2D eigenvalue weighted by atomic mass is 9.89. The fraction of sp³-hybridized carbons (Fsp3) is 0.467. The zero-order valence-electron chi connectivity index (χ0n) is 23.4. The number of likely N-dealkylation sites (tertiary alicyclic amines) is 1. The Morgan fingerprint density at radius 1 is 1.15 bits per heavy atom. The summed E-state index contributed by atoms with van der Waals surface area (Å²) in [5.41, 5.74) is 8.64. The van der Waals surface area contributed by atoms with E-state index in [0.29, 0.717) is 30.4 Å². The number of carbonyl (C=O) groups excluding carboxylic acids is 4. The van der Waals surface area contributed by atoms with Crippen molar-refractivity contribution in [2.75, 3.05) is 6.54 Å². The fourth-order valence-electron chi connectivity index (χ4n) is 5.89. The second-order valence-corrected chi connectivity index (χ2v) is 11.0. The van der Waals surface area contributed by atoms with Gasteiger partial charge in [-0.2, -0.15) is 0 Å². The molecule has 2 unspecified atom stereocenters. The molecule has 0 saturated carbocycles. The molecule has 2 aromatic rings. The van der Waals surface area contributed by atoms with Gasteiger partial charge >= 0.3 is 0 Å². The molecule has 10 heteroatoms. The maximum Gasteiger partial charge on any atom is 0.251 e. The average molecular weight is 552 g/mol. The van der Waals surface area contributed by atoms with Gasteiger partial charge in [0.1, 0.15) is 5.82 Å². The lowest BCUT2D eigenvalue weighted by Gasteiger charge is -2.34. The molecule has 0 spiro atoms. The minimum absolute atomic E-state index is 0.0394. The van der Waals surface area contributed by atoms with Crippen LogP contribution in [0.4, 0.5) is 4.39 Å². The van der Waals surface area contributed by atoms with Crippen molar-refractivity contribution in [3.63, 3.8) is 0 Å². The number of aryl methyl sites for hydroxylation is 1. The molecule has 2 aromatic carbocycles. The molecule has 2 aliphatic rings. The van der Waals surface area contributed by atoms with Crippen LogP contribution >= 0.6 is 0 Å². The molecule has 5 atom stereocenters. The predicted molar refractivity (Wildman–Crippen MR) is 148 cm³/mol. The van der Waals surface area contributed by atoms with Gasteiger partial charge in [-0.25, -0.2) is 9.82 Å². The number of nitrogens with one attached hydrogen (secondary N) is 4. The summed E-state index contributed by atoms with van der Waals surface area (Å²) in [6.45, 7) is 6.96. The molecule has 2 heterocycles. The summed E-state index contributed by atoms with van der Waals surface area (Å²) in [6, 6.07) is 10.7. The van der Waals surface area contributed by atoms with Gasteiger partial charge in [0, 0.05) is 30.5 Å². The first-order valence-corrected chi connectivity index (χ1v) is 13.8. The average Bonchev–Trinajstić information content (AvgIpc) is 3.35. The van der Waals surface area contributed by atoms with Crippen LogP contribution in [0.2, 0.25) is 0 Å². The van der Waals surface area contributed by atoms with Crippen molar-refractivity contribution in [2.24, 2.45) is 5.92 Å². The molecule has 0 aromatic heterocycles. The number of carbonyl (C=O) groups is 4. The molecule has 2 saturated heterocycles. The van der Waals surface area contributed by atoms with E-state index >= 15 is 0 Å². The topological polar surface area (TPSA) is 120 Å². The van der Waals surface area contributed by atoms with Gasteiger partial charge in [0.05, 0.1) is 18.6 Å². The molecule has 2 fully saturated rings. The molecule has 2 aliphatic heterocycles. The molecule has 4 rings (SSSR count). The Morgan fingerprint density at radius 3 is 2.62 bits per heavy atom. The van der Waals surface area contributed by atoms with Crippen molar-refractivity contribution >= 4 is 23.6 Å². The highest BCUT2D eigenvalue weighted by Gasteiger charge is 2.40. The molecule has 4 amide bonds. The quantitative estimate of drug-likeness (QED) is 0.402. The van der Waals surface area contributed by atoms with Gasteiger partial charge in [0.15, 0.2) is 0 Å². The summed E-state index contributed by atoms with van der Waals surface area (Å²) in [4.78, 5) is 52.1. The van der Waals surface area contributed by atoms with E-state index in [1.54, 1.807) is 29.2 Å². The van der Waals surface area contributed by atoms with E-state index in [1.807, 2.05) is 26.8 Å². The number of benzene rings is 2. The van der Waals surface area contributed by atoms with Crippen LogP contribution in [0, 0.1) is 18.7 Å². The third-order valence-corrected chi connectivity index (χ3v) is 7.88. The van der Waals surface area contributed by atoms with Gasteiger partial charge in [-0.05, 0) is 87.4 Å². The van der Waals surface area contributed by atoms with E-state index in [9.17, 15) is 23.6 Å². The maximum atomic E-state index is 14.0. The van der Waals surface area contributed by atoms with Crippen LogP contribution in [-0.4, -0.2) is 53.2 Å². The normalized spacial score (nSPS) is 23.3. The van der Waals surface area contributed by atoms with E-state index in [0.717, 1.165) is 17.5 Å². The van der Waals surface area contributed by atoms with Gasteiger partial charge in [0.2, 0.25) is 17.7 Å². The molecule has 0 radical (unpaired) electrons. The minimum Gasteiger partial charge on any atom is -0.352 e. The monoisotopic (exact) mass is 551 g/mol. The number of hydrogen-bond donors (Lipinski definition) is 4. The largest absolute Gasteiger partial charge is 0.352 e. The summed E-state index contributed by atoms with van der Waals surface area (Å²) in [7, 11) is 0. The highest BCUT2D eigenvalue weighted by molar-refractivity contribution is 5.96. The first-order valence-electron chi connectivity index (χ1n) is 13.8. The van der Waals surface area contributed by atoms with Crippen LogP contribution in [0.1, 0.15) is 73.1 Å². The van der Waals surface area contributed by atoms with Crippen LogP contribution in [0.25, 0.3) is 0 Å². The van der Waals surface area contributed by atoms with Crippen molar-refractivity contribution in [2.45, 2.75) is 77.5 Å². The van der Waals surface area contributed by atoms with E-state index in [4.69, 9.17) is 0 Å². The molecular weight excluding hydrogens is 513 g/mol. The van der Waals surface area contributed by atoms with Crippen molar-refractivity contribution in [3.8, 4) is 0 Å². The predicted octanol–water partition coefficient (Wildman–Crippen LogP) is 2.69. The van der Waals surface area contributed by atoms with Crippen LogP contribution in [0.3, 0.4) is 0 Å². The summed E-state index contributed by atoms with van der Waals surface area (Å²) in [5.74, 6) is -1.46. The fourth-order valence-corrected chi connectivity index (χ4v) is 5.89. The van der Waals surface area contributed by atoms with Crippen molar-refractivity contribution in [3.05, 3.63) is 70.5 Å². The lowest BCUT2D eigenvalue weighted by Crippen LogP contribution is -2.52. The lowest BCUT2D eigenvalue weighted by molar-refractivity contribution is -0.134. The first kappa shape index (κ1) is 29.2. The Labute approximate surface area is 234 Å². The maximum absolute atomic E-state index is 14.0. The minimum atomic E-state index is -0.385. The summed E-state index contributed by atoms with van der Waals surface area (Å²) in [5, 5.41) is 5.60. The Bertz CT molecular complexity index is 1280. The van der Waals surface area contributed by atoms with E-state index in [2.05, 4.69) is 21.5 Å². The second-order valence-electron chi connectivity index (χ2n) is 11.0. The van der Waals surface area contributed by atoms with E-state index in [-0.39, 0.29) is 66.1 Å². The highest BCUT2D eigenvalue weighted by Crippen LogP contribution is 2.37. The third kappa shape index (κ3) is 6.85. The molecule has 214 valence electrons. The van der Waals surface area contributed by atoms with Crippen molar-refractivity contribution in [1.82, 2.24) is 26.4 Å². The Hall–Kier alpha value is -3.79. The summed E-state index contributed by atoms with van der Waals surface area (Å²) < 4.78 is 14.0. The second kappa shape index (κ2) is 12.6. The molecule has 0 bridgehead atoms. The molecule has 4 N–H and O–H groups in total. The van der Waals surface area contributed by atoms with Gasteiger partial charge < -0.3 is 15.5 Å². The van der Waals surface area contributed by atoms with Crippen molar-refractivity contribution in [1.29, 1.82) is 0 Å². The highest BCUT2D eigenvalue weighted by atomic mass is 19.1. The Kier molecular flexibility index (Phi) is 9.19. The molecule has 9 nitrogen and oxygen atoms in total. The van der Waals surface area contributed by atoms with E-state index < -0.39 is 0 Å². The van der Waals surface area contributed by atoms with Gasteiger partial charge in [0.25, 0.3) is 5.91 Å². The number of hydrazine groups is 1. The summed E-state index contributed by atoms with van der Waals surface area (Å²) in [6.07, 6.45) is 2.56. The van der Waals surface area contributed by atoms with Crippen molar-refractivity contribution < 1.29 is 23.6 Å². The third-order valence-electron chi connectivity index (χ3n) is 7.88. The Balaban J connectivity index is 1.44. The zero-order valence-corrected chi connectivity index (χ0v) is 23.4. The van der Waals surface area contributed by atoms with Gasteiger partial charge in [-0.15, -0.1) is 0 Å². The number of rotatable bonds is 8. The van der Waals surface area contributed by atoms with Gasteiger partial charge in [-0.1, -0.05) is 18.2 Å². The number of nitrogens with zero attached hydrogens (tertiary/aromatic N) is 1. The standard InChI is InChI=1S/C30H38FN5O4/c1-17-12-23(9-8-21(17)14-24-13-18(2)34-35-30(24)40)29(39)32-16-28(38)36-26(19(3)33-20(4)37)10-11-27(36)22-6-5-7-25(31)15-22/h5-9,12,15,18-19,24,26-27,34H,10-11,13-14,16H2,1-4H3,(H,32,39)(H,33,37)(H,35,40)/t18?,19-,24?,26+,27-/m0/s1. The summed E-state index contributed by atoms with van der Waals surface area (Å²) >= 11 is 0. The van der Waals surface area contributed by atoms with Crippen LogP contribution in [-0.2, 0) is 20.8 Å². The molecular formula is C30H38FN5O4. The zero-order chi connectivity index (χ0) is 29.0. The van der Waals surface area contributed by atoms with E-state index in [1.165, 1.54) is 19.1 Å². The molecule has 0 aliphatic carbocycles. The number of halogens is 1. The van der Waals surface area contributed by atoms with Gasteiger partial charge in [-0.3, -0.25) is 24.6 Å². The van der Waals surface area contributed by atoms with Crippen LogP contribution < -0.4 is 21.5 Å². The van der Waals surface area contributed by atoms with Crippen LogP contribution in [0.5, 0.6) is 0 Å². The molecule has 40 heavy (non-hydrogen) atoms. The number of hydrogen-bond acceptors (Lipinski definition) is 5. The Morgan fingerprint density at radius 2 is 1.93 bits per heavy atom. The number of amides is 4. The smallest absolute Gasteiger partial charge is 0.251 e. The first-order chi connectivity index (χ1) is 19.0. The SMILES string of the molecule is CC(=O)N[C@@H](C)[C@H]1CC[C@@H](c2cccc(F)c2)N1C(=O)CNC(=O)c1ccc(CC2CC(C)NNC2=O)c(C)c1.